The zero-order valence-electron chi connectivity index (χ0n) is 15.8. The molecule has 1 aliphatic rings. The molecule has 0 unspecified atom stereocenters. The number of thioether (sulfide) groups is 1. The Labute approximate surface area is 192 Å². The molecule has 4 aromatic rings. The second-order valence-electron chi connectivity index (χ2n) is 7.26. The average Bonchev–Trinajstić information content (AvgIpc) is 3.38. The average molecular weight is 474 g/mol. The standard InChI is InChI=1S/C22H17Cl2N3OS2/c23-16-6-2-14(3-7-16)19-25-18(12-29-19)13-30-21-27-26-20(28-21)22(10-1-11-22)15-4-8-17(24)9-5-15/h2-9,12H,1,10-11,13H2. The molecular weight excluding hydrogens is 457 g/mol. The Morgan fingerprint density at radius 3 is 2.33 bits per heavy atom. The highest BCUT2D eigenvalue weighted by atomic mass is 35.5. The molecule has 0 radical (unpaired) electrons. The van der Waals surface area contributed by atoms with Crippen LogP contribution in [-0.4, -0.2) is 15.2 Å². The Morgan fingerprint density at radius 2 is 1.67 bits per heavy atom. The van der Waals surface area contributed by atoms with Crippen molar-refractivity contribution in [3.05, 3.63) is 81.1 Å². The zero-order valence-corrected chi connectivity index (χ0v) is 19.0. The summed E-state index contributed by atoms with van der Waals surface area (Å²) < 4.78 is 6.07. The molecule has 2 heterocycles. The molecule has 0 N–H and O–H groups in total. The summed E-state index contributed by atoms with van der Waals surface area (Å²) in [7, 11) is 0. The number of thiazole rings is 1. The van der Waals surface area contributed by atoms with Crippen molar-refractivity contribution >= 4 is 46.3 Å². The van der Waals surface area contributed by atoms with Crippen molar-refractivity contribution in [2.75, 3.05) is 0 Å². The van der Waals surface area contributed by atoms with Crippen LogP contribution >= 0.6 is 46.3 Å². The van der Waals surface area contributed by atoms with Gasteiger partial charge in [-0.15, -0.1) is 21.5 Å². The topological polar surface area (TPSA) is 51.8 Å². The Morgan fingerprint density at radius 1 is 0.967 bits per heavy atom. The van der Waals surface area contributed by atoms with Gasteiger partial charge in [0, 0.05) is 26.7 Å². The van der Waals surface area contributed by atoms with Crippen LogP contribution < -0.4 is 0 Å². The summed E-state index contributed by atoms with van der Waals surface area (Å²) in [6.45, 7) is 0. The van der Waals surface area contributed by atoms with Gasteiger partial charge in [0.05, 0.1) is 11.1 Å². The molecule has 1 fully saturated rings. The van der Waals surface area contributed by atoms with Crippen LogP contribution in [0.1, 0.15) is 36.4 Å². The highest BCUT2D eigenvalue weighted by Gasteiger charge is 2.45. The summed E-state index contributed by atoms with van der Waals surface area (Å²) in [5, 5.41) is 13.7. The zero-order chi connectivity index (χ0) is 20.6. The second-order valence-corrected chi connectivity index (χ2v) is 9.91. The van der Waals surface area contributed by atoms with Crippen LogP contribution in [0.25, 0.3) is 10.6 Å². The molecule has 0 atom stereocenters. The molecule has 30 heavy (non-hydrogen) atoms. The van der Waals surface area contributed by atoms with Crippen molar-refractivity contribution in [1.29, 1.82) is 0 Å². The van der Waals surface area contributed by atoms with E-state index in [1.165, 1.54) is 17.3 Å². The van der Waals surface area contributed by atoms with E-state index >= 15 is 0 Å². The molecule has 0 saturated heterocycles. The van der Waals surface area contributed by atoms with Crippen LogP contribution in [0, 0.1) is 0 Å². The molecule has 8 heteroatoms. The van der Waals surface area contributed by atoms with Gasteiger partial charge in [-0.2, -0.15) is 0 Å². The maximum absolute atomic E-state index is 6.07. The Balaban J connectivity index is 1.29. The minimum Gasteiger partial charge on any atom is -0.415 e. The molecule has 2 aromatic heterocycles. The van der Waals surface area contributed by atoms with Gasteiger partial charge in [-0.05, 0) is 42.7 Å². The van der Waals surface area contributed by atoms with Gasteiger partial charge in [0.2, 0.25) is 5.89 Å². The van der Waals surface area contributed by atoms with Gasteiger partial charge in [0.1, 0.15) is 5.01 Å². The molecule has 2 aromatic carbocycles. The van der Waals surface area contributed by atoms with E-state index in [-0.39, 0.29) is 5.41 Å². The summed E-state index contributed by atoms with van der Waals surface area (Å²) in [6.07, 6.45) is 3.18. The molecule has 4 nitrogen and oxygen atoms in total. The molecule has 152 valence electrons. The lowest BCUT2D eigenvalue weighted by molar-refractivity contribution is 0.226. The molecule has 0 bridgehead atoms. The lowest BCUT2D eigenvalue weighted by Gasteiger charge is -2.39. The van der Waals surface area contributed by atoms with Crippen LogP contribution in [0.5, 0.6) is 0 Å². The minimum atomic E-state index is -0.182. The quantitative estimate of drug-likeness (QED) is 0.275. The van der Waals surface area contributed by atoms with E-state index in [2.05, 4.69) is 27.7 Å². The first-order valence-electron chi connectivity index (χ1n) is 9.56. The predicted octanol–water partition coefficient (Wildman–Crippen LogP) is 7.26. The van der Waals surface area contributed by atoms with Crippen molar-refractivity contribution in [3.63, 3.8) is 0 Å². The Kier molecular flexibility index (Phi) is 5.58. The number of benzene rings is 2. The molecule has 5 rings (SSSR count). The fourth-order valence-corrected chi connectivity index (χ4v) is 5.46. The third-order valence-corrected chi connectivity index (χ3v) is 7.70. The second kappa shape index (κ2) is 8.35. The summed E-state index contributed by atoms with van der Waals surface area (Å²) in [5.41, 5.74) is 3.06. The Hall–Kier alpha value is -1.86. The van der Waals surface area contributed by atoms with E-state index in [1.54, 1.807) is 11.3 Å². The number of nitrogens with zero attached hydrogens (tertiary/aromatic N) is 3. The van der Waals surface area contributed by atoms with Gasteiger partial charge in [0.15, 0.2) is 0 Å². The number of aromatic nitrogens is 3. The van der Waals surface area contributed by atoms with E-state index in [9.17, 15) is 0 Å². The summed E-state index contributed by atoms with van der Waals surface area (Å²) in [4.78, 5) is 4.72. The maximum Gasteiger partial charge on any atom is 0.276 e. The summed E-state index contributed by atoms with van der Waals surface area (Å²) in [5.74, 6) is 1.37. The van der Waals surface area contributed by atoms with E-state index in [4.69, 9.17) is 32.6 Å². The Bertz CT molecular complexity index is 1150. The smallest absolute Gasteiger partial charge is 0.276 e. The van der Waals surface area contributed by atoms with Gasteiger partial charge < -0.3 is 4.42 Å². The lowest BCUT2D eigenvalue weighted by atomic mass is 9.64. The molecule has 0 spiro atoms. The molecule has 0 amide bonds. The number of halogens is 2. The first-order chi connectivity index (χ1) is 14.6. The van der Waals surface area contributed by atoms with Crippen LogP contribution in [0.4, 0.5) is 0 Å². The van der Waals surface area contributed by atoms with Gasteiger partial charge in [0.25, 0.3) is 5.22 Å². The van der Waals surface area contributed by atoms with Crippen molar-refractivity contribution in [1.82, 2.24) is 15.2 Å². The summed E-state index contributed by atoms with van der Waals surface area (Å²) >= 11 is 15.2. The van der Waals surface area contributed by atoms with Crippen LogP contribution in [-0.2, 0) is 11.2 Å². The van der Waals surface area contributed by atoms with Gasteiger partial charge in [-0.25, -0.2) is 4.98 Å². The number of rotatable bonds is 6. The van der Waals surface area contributed by atoms with E-state index in [0.717, 1.165) is 45.6 Å². The number of hydrogen-bond donors (Lipinski definition) is 0. The minimum absolute atomic E-state index is 0.182. The van der Waals surface area contributed by atoms with Crippen molar-refractivity contribution in [3.8, 4) is 10.6 Å². The highest BCUT2D eigenvalue weighted by Crippen LogP contribution is 2.49. The van der Waals surface area contributed by atoms with Crippen LogP contribution in [0.2, 0.25) is 10.0 Å². The van der Waals surface area contributed by atoms with E-state index < -0.39 is 0 Å². The molecule has 1 aliphatic carbocycles. The first-order valence-corrected chi connectivity index (χ1v) is 12.2. The van der Waals surface area contributed by atoms with E-state index in [1.807, 2.05) is 36.4 Å². The van der Waals surface area contributed by atoms with Gasteiger partial charge >= 0.3 is 0 Å². The molecular formula is C22H17Cl2N3OS2. The van der Waals surface area contributed by atoms with Gasteiger partial charge in [-0.1, -0.05) is 65.7 Å². The van der Waals surface area contributed by atoms with Crippen LogP contribution in [0.15, 0.2) is 63.6 Å². The largest absolute Gasteiger partial charge is 0.415 e. The lowest BCUT2D eigenvalue weighted by Crippen LogP contribution is -2.35. The summed E-state index contributed by atoms with van der Waals surface area (Å²) in [6, 6.07) is 15.7. The maximum atomic E-state index is 6.07. The SMILES string of the molecule is Clc1ccc(-c2nc(CSc3nnc(C4(c5ccc(Cl)cc5)CCC4)o3)cs2)cc1. The molecule has 1 saturated carbocycles. The highest BCUT2D eigenvalue weighted by molar-refractivity contribution is 7.98. The van der Waals surface area contributed by atoms with Gasteiger partial charge in [-0.3, -0.25) is 0 Å². The van der Waals surface area contributed by atoms with Crippen molar-refractivity contribution < 1.29 is 4.42 Å². The predicted molar refractivity (Wildman–Crippen MR) is 123 cm³/mol. The third-order valence-electron chi connectivity index (χ3n) is 5.41. The monoisotopic (exact) mass is 473 g/mol. The van der Waals surface area contributed by atoms with E-state index in [0.29, 0.717) is 16.9 Å². The number of hydrogen-bond acceptors (Lipinski definition) is 6. The normalized spacial score (nSPS) is 15.1. The van der Waals surface area contributed by atoms with Crippen molar-refractivity contribution in [2.45, 2.75) is 35.7 Å². The van der Waals surface area contributed by atoms with Crippen LogP contribution in [0.3, 0.4) is 0 Å². The van der Waals surface area contributed by atoms with Crippen molar-refractivity contribution in [2.24, 2.45) is 0 Å². The fourth-order valence-electron chi connectivity index (χ4n) is 3.62. The third kappa shape index (κ3) is 3.89. The first kappa shape index (κ1) is 20.1. The fraction of sp³-hybridized carbons (Fsp3) is 0.227. The molecule has 0 aliphatic heterocycles.